The first-order valence-corrected chi connectivity index (χ1v) is 19.3. The molecule has 22 nitrogen and oxygen atoms in total. The van der Waals surface area contributed by atoms with Gasteiger partial charge in [0.2, 0.25) is 12.0 Å². The summed E-state index contributed by atoms with van der Waals surface area (Å²) in [5.74, 6) is -3.35. The van der Waals surface area contributed by atoms with Crippen molar-refractivity contribution < 1.29 is 109 Å². The van der Waals surface area contributed by atoms with Crippen LogP contribution in [0.15, 0.2) is 71.2 Å². The summed E-state index contributed by atoms with van der Waals surface area (Å²) in [5, 5.41) is 136. The summed E-state index contributed by atoms with van der Waals surface area (Å²) in [6, 6.07) is 12.8. The number of fused-ring (bicyclic) bond motifs is 1. The Kier molecular flexibility index (Phi) is 13.8. The molecule has 3 saturated heterocycles. The van der Waals surface area contributed by atoms with E-state index in [0.29, 0.717) is 5.56 Å². The third kappa shape index (κ3) is 10.0. The topological polar surface area (TPSA) is 356 Å². The van der Waals surface area contributed by atoms with Crippen molar-refractivity contribution in [2.45, 2.75) is 86.0 Å². The molecule has 0 spiro atoms. The third-order valence-electron chi connectivity index (χ3n) is 10.5. The second-order valence-corrected chi connectivity index (χ2v) is 14.9. The normalized spacial score (nSPS) is 32.4. The zero-order chi connectivity index (χ0) is 45.3. The summed E-state index contributed by atoms with van der Waals surface area (Å²) in [6.07, 6.45) is -22.6. The van der Waals surface area contributed by atoms with Crippen molar-refractivity contribution in [3.8, 4) is 45.8 Å². The molecule has 0 amide bonds. The van der Waals surface area contributed by atoms with Crippen LogP contribution < -0.4 is 4.74 Å². The van der Waals surface area contributed by atoms with Gasteiger partial charge in [-0.2, -0.15) is 0 Å². The van der Waals surface area contributed by atoms with Crippen LogP contribution in [0.4, 0.5) is 0 Å². The summed E-state index contributed by atoms with van der Waals surface area (Å²) in [4.78, 5) is 12.4. The average molecular weight is 890 g/mol. The number of phenols is 5. The van der Waals surface area contributed by atoms with Gasteiger partial charge in [-0.3, -0.25) is 0 Å². The van der Waals surface area contributed by atoms with Crippen LogP contribution in [-0.4, -0.2) is 178 Å². The molecule has 0 saturated carbocycles. The fraction of sp³-hybridized carbons (Fsp3) is 0.415. The average Bonchev–Trinajstić information content (AvgIpc) is 3.25. The molecule has 1 aromatic heterocycles. The lowest BCUT2D eigenvalue weighted by Crippen LogP contribution is -2.64. The SMILES string of the molecule is O=C(/C=C/c1ccc(O)cc1)OC[C@H]1O[C@@H](OC[C@H]2O[C@@H](Oc3cc4c(O)cc(O)cc4[o+]c3-c3ccc(O)c(O)c3)[C@H](O[C@@H]3OC[C@@H](O)[C@H](O)[C@H]3O)[C@@H](O)[C@H]2O)[C@H](O)[C@@H](O)[C@@H]1O. The standard InChI is InChI=1S/C41H44O22/c42-18-5-1-16(2-6-18)3-8-29(48)56-14-27-31(50)33(52)36(55)39(61-27)58-15-28-32(51)34(53)38(63-40-35(54)30(49)24(47)13-57-40)41(62-28)60-26-12-20-22(45)10-19(43)11-25(20)59-37(26)17-4-7-21(44)23(46)9-17/h1-12,24,27-28,30-36,38-41,47,49-55H,13-15H2,(H4-,42,43,44,45,46,48)/p+1/t24-,27-,28-,30+,31-,32+,33+,34+,35-,36-,38-,39-,40+,41-/m1/s1. The number of hydrogen-bond donors (Lipinski definition) is 13. The molecule has 4 heterocycles. The second-order valence-electron chi connectivity index (χ2n) is 14.9. The Hall–Kier alpha value is -5.44. The maximum atomic E-state index is 12.4. The molecule has 3 fully saturated rings. The van der Waals surface area contributed by atoms with Gasteiger partial charge >= 0.3 is 17.3 Å². The maximum Gasteiger partial charge on any atom is 0.402 e. The molecule has 3 aliphatic heterocycles. The van der Waals surface area contributed by atoms with Crippen LogP contribution in [0.2, 0.25) is 0 Å². The summed E-state index contributed by atoms with van der Waals surface area (Å²) < 4.78 is 45.9. The van der Waals surface area contributed by atoms with E-state index in [9.17, 15) is 71.2 Å². The van der Waals surface area contributed by atoms with Gasteiger partial charge in [0, 0.05) is 24.3 Å². The first-order chi connectivity index (χ1) is 30.0. The number of carbonyl (C=O) groups is 1. The van der Waals surface area contributed by atoms with Crippen LogP contribution in [0.5, 0.6) is 34.5 Å². The molecule has 22 heteroatoms. The number of aromatic hydroxyl groups is 5. The van der Waals surface area contributed by atoms with Gasteiger partial charge in [0.25, 0.3) is 0 Å². The zero-order valence-corrected chi connectivity index (χ0v) is 32.6. The minimum atomic E-state index is -2.02. The highest BCUT2D eigenvalue weighted by Crippen LogP contribution is 2.43. The number of rotatable bonds is 12. The minimum Gasteiger partial charge on any atom is -0.508 e. The van der Waals surface area contributed by atoms with Crippen molar-refractivity contribution in [1.29, 1.82) is 0 Å². The van der Waals surface area contributed by atoms with Crippen molar-refractivity contribution in [2.24, 2.45) is 0 Å². The van der Waals surface area contributed by atoms with Gasteiger partial charge in [-0.15, -0.1) is 0 Å². The molecule has 3 aromatic carbocycles. The van der Waals surface area contributed by atoms with Gasteiger partial charge in [0.1, 0.15) is 90.3 Å². The van der Waals surface area contributed by atoms with Crippen LogP contribution in [-0.2, 0) is 33.2 Å². The van der Waals surface area contributed by atoms with Crippen LogP contribution in [0.1, 0.15) is 5.56 Å². The van der Waals surface area contributed by atoms with Gasteiger partial charge in [-0.25, -0.2) is 9.21 Å². The Morgan fingerprint density at radius 3 is 2.08 bits per heavy atom. The van der Waals surface area contributed by atoms with Gasteiger partial charge < -0.3 is 99.5 Å². The number of benzene rings is 3. The van der Waals surface area contributed by atoms with E-state index in [1.54, 1.807) is 0 Å². The number of ether oxygens (including phenoxy) is 7. The monoisotopic (exact) mass is 889 g/mol. The largest absolute Gasteiger partial charge is 0.508 e. The predicted molar refractivity (Wildman–Crippen MR) is 207 cm³/mol. The van der Waals surface area contributed by atoms with E-state index in [4.69, 9.17) is 37.6 Å². The van der Waals surface area contributed by atoms with E-state index in [1.165, 1.54) is 42.5 Å². The van der Waals surface area contributed by atoms with E-state index in [1.807, 2.05) is 0 Å². The highest BCUT2D eigenvalue weighted by molar-refractivity contribution is 5.89. The highest BCUT2D eigenvalue weighted by Gasteiger charge is 2.52. The van der Waals surface area contributed by atoms with Gasteiger partial charge in [-0.05, 0) is 35.9 Å². The van der Waals surface area contributed by atoms with Crippen molar-refractivity contribution >= 4 is 23.0 Å². The molecule has 13 N–H and O–H groups in total. The number of esters is 1. The maximum absolute atomic E-state index is 12.4. The predicted octanol–water partition coefficient (Wildman–Crippen LogP) is -1.36. The van der Waals surface area contributed by atoms with Crippen molar-refractivity contribution in [1.82, 2.24) is 0 Å². The molecule has 0 aliphatic carbocycles. The molecular formula is C41H45O22+. The summed E-state index contributed by atoms with van der Waals surface area (Å²) in [5.41, 5.74) is 0.516. The van der Waals surface area contributed by atoms with Crippen LogP contribution in [0.25, 0.3) is 28.4 Å². The zero-order valence-electron chi connectivity index (χ0n) is 32.6. The van der Waals surface area contributed by atoms with Gasteiger partial charge in [0.15, 0.2) is 30.2 Å². The molecule has 4 aromatic rings. The number of phenolic OH excluding ortho intramolecular Hbond substituents is 5. The lowest BCUT2D eigenvalue weighted by molar-refractivity contribution is -0.353. The van der Waals surface area contributed by atoms with Gasteiger partial charge in [0.05, 0.1) is 24.8 Å². The van der Waals surface area contributed by atoms with E-state index < -0.39 is 129 Å². The first kappa shape index (κ1) is 45.6. The molecule has 63 heavy (non-hydrogen) atoms. The Balaban J connectivity index is 1.13. The molecule has 340 valence electrons. The van der Waals surface area contributed by atoms with Gasteiger partial charge in [-0.1, -0.05) is 12.1 Å². The molecule has 0 unspecified atom stereocenters. The van der Waals surface area contributed by atoms with E-state index in [0.717, 1.165) is 30.3 Å². The number of hydrogen-bond acceptors (Lipinski definition) is 21. The Labute approximate surface area is 355 Å². The van der Waals surface area contributed by atoms with E-state index in [-0.39, 0.29) is 39.5 Å². The second kappa shape index (κ2) is 19.1. The van der Waals surface area contributed by atoms with Crippen LogP contribution in [0, 0.1) is 0 Å². The van der Waals surface area contributed by atoms with Crippen molar-refractivity contribution in [3.05, 3.63) is 72.3 Å². The Morgan fingerprint density at radius 1 is 0.667 bits per heavy atom. The molecule has 7 rings (SSSR count). The summed E-state index contributed by atoms with van der Waals surface area (Å²) in [6.45, 7) is -1.92. The lowest BCUT2D eigenvalue weighted by Gasteiger charge is -2.45. The van der Waals surface area contributed by atoms with Crippen molar-refractivity contribution in [2.75, 3.05) is 19.8 Å². The quantitative estimate of drug-likeness (QED) is 0.0338. The summed E-state index contributed by atoms with van der Waals surface area (Å²) in [7, 11) is 0. The van der Waals surface area contributed by atoms with Crippen molar-refractivity contribution in [3.63, 3.8) is 0 Å². The van der Waals surface area contributed by atoms with Crippen LogP contribution >= 0.6 is 0 Å². The fourth-order valence-electron chi connectivity index (χ4n) is 6.94. The number of carbonyl (C=O) groups excluding carboxylic acids is 1. The number of aliphatic hydroxyl groups excluding tert-OH is 8. The lowest BCUT2D eigenvalue weighted by atomic mass is 9.98. The van der Waals surface area contributed by atoms with E-state index >= 15 is 0 Å². The smallest absolute Gasteiger partial charge is 0.402 e. The first-order valence-electron chi connectivity index (χ1n) is 19.3. The van der Waals surface area contributed by atoms with E-state index in [2.05, 4.69) is 0 Å². The highest BCUT2D eigenvalue weighted by atomic mass is 16.8. The third-order valence-corrected chi connectivity index (χ3v) is 10.5. The molecular weight excluding hydrogens is 844 g/mol. The Bertz CT molecular complexity index is 2250. The fourth-order valence-corrected chi connectivity index (χ4v) is 6.94. The number of aliphatic hydroxyl groups is 8. The minimum absolute atomic E-state index is 0.0162. The molecule has 0 bridgehead atoms. The Morgan fingerprint density at radius 2 is 1.35 bits per heavy atom. The van der Waals surface area contributed by atoms with Crippen LogP contribution in [0.3, 0.4) is 0 Å². The molecule has 3 aliphatic rings. The summed E-state index contributed by atoms with van der Waals surface area (Å²) >= 11 is 0. The molecule has 0 radical (unpaired) electrons. The molecule has 14 atom stereocenters.